The van der Waals surface area contributed by atoms with Crippen molar-refractivity contribution >= 4 is 27.5 Å². The highest BCUT2D eigenvalue weighted by molar-refractivity contribution is 7.89. The van der Waals surface area contributed by atoms with Crippen molar-refractivity contribution in [1.82, 2.24) is 19.1 Å². The van der Waals surface area contributed by atoms with Gasteiger partial charge < -0.3 is 9.64 Å². The van der Waals surface area contributed by atoms with E-state index in [-0.39, 0.29) is 21.9 Å². The predicted octanol–water partition coefficient (Wildman–Crippen LogP) is 2.10. The first-order valence-corrected chi connectivity index (χ1v) is 13.5. The van der Waals surface area contributed by atoms with Gasteiger partial charge in [0.25, 0.3) is 0 Å². The molecule has 3 saturated heterocycles. The van der Waals surface area contributed by atoms with E-state index in [1.54, 1.807) is 6.07 Å². The number of nitrogens with zero attached hydrogens (tertiary/aromatic N) is 4. The highest BCUT2D eigenvalue weighted by Crippen LogP contribution is 2.29. The second kappa shape index (κ2) is 10.8. The van der Waals surface area contributed by atoms with Crippen LogP contribution < -0.4 is 0 Å². The number of rotatable bonds is 6. The first-order valence-electron chi connectivity index (χ1n) is 11.6. The molecule has 1 amide bonds. The Balaban J connectivity index is 1.22. The summed E-state index contributed by atoms with van der Waals surface area (Å²) < 4.78 is 32.6. The lowest BCUT2D eigenvalue weighted by Crippen LogP contribution is -2.46. The number of carbonyl (C=O) groups excluding carboxylic acids is 1. The molecule has 3 fully saturated rings. The Morgan fingerprint density at radius 3 is 2.41 bits per heavy atom. The fourth-order valence-electron chi connectivity index (χ4n) is 4.94. The molecule has 0 radical (unpaired) electrons. The van der Waals surface area contributed by atoms with Crippen molar-refractivity contribution in [2.75, 3.05) is 59.0 Å². The number of amides is 1. The molecular weight excluding hydrogens is 452 g/mol. The number of hydrogen-bond acceptors (Lipinski definition) is 6. The number of hydrogen-bond donors (Lipinski definition) is 0. The minimum Gasteiger partial charge on any atom is -0.379 e. The van der Waals surface area contributed by atoms with E-state index in [1.807, 2.05) is 4.90 Å². The Morgan fingerprint density at radius 2 is 1.75 bits per heavy atom. The van der Waals surface area contributed by atoms with Crippen molar-refractivity contribution in [3.63, 3.8) is 0 Å². The number of sulfonamides is 1. The number of ether oxygens (including phenoxy) is 1. The molecule has 32 heavy (non-hydrogen) atoms. The number of morpholine rings is 1. The van der Waals surface area contributed by atoms with Crippen LogP contribution in [0.5, 0.6) is 0 Å². The van der Waals surface area contributed by atoms with Gasteiger partial charge in [0.1, 0.15) is 10.0 Å². The van der Waals surface area contributed by atoms with Crippen LogP contribution in [0, 0.1) is 11.8 Å². The number of carbonyl (C=O) groups is 1. The molecule has 4 rings (SSSR count). The first kappa shape index (κ1) is 23.9. The minimum absolute atomic E-state index is 0.0119. The zero-order valence-corrected chi connectivity index (χ0v) is 20.1. The monoisotopic (exact) mass is 484 g/mol. The molecule has 0 saturated carbocycles. The third-order valence-corrected chi connectivity index (χ3v) is 9.37. The zero-order chi connectivity index (χ0) is 22.6. The van der Waals surface area contributed by atoms with Gasteiger partial charge in [-0.3, -0.25) is 9.69 Å². The molecule has 3 aliphatic heterocycles. The van der Waals surface area contributed by atoms with Crippen molar-refractivity contribution in [2.24, 2.45) is 11.8 Å². The van der Waals surface area contributed by atoms with Crippen LogP contribution in [0.2, 0.25) is 5.15 Å². The highest BCUT2D eigenvalue weighted by Gasteiger charge is 2.35. The van der Waals surface area contributed by atoms with Crippen LogP contribution in [0.15, 0.2) is 23.2 Å². The van der Waals surface area contributed by atoms with Crippen LogP contribution in [0.25, 0.3) is 0 Å². The molecule has 0 spiro atoms. The van der Waals surface area contributed by atoms with Gasteiger partial charge in [0.05, 0.1) is 13.2 Å². The maximum atomic E-state index is 13.1. The third-order valence-electron chi connectivity index (χ3n) is 7.03. The van der Waals surface area contributed by atoms with Gasteiger partial charge in [-0.2, -0.15) is 4.31 Å². The van der Waals surface area contributed by atoms with Crippen molar-refractivity contribution in [3.05, 3.63) is 23.5 Å². The van der Waals surface area contributed by atoms with Gasteiger partial charge in [-0.15, -0.1) is 0 Å². The molecular formula is C22H33ClN4O4S. The normalized spacial score (nSPS) is 22.8. The van der Waals surface area contributed by atoms with Gasteiger partial charge >= 0.3 is 0 Å². The Labute approximate surface area is 195 Å². The minimum atomic E-state index is -3.69. The summed E-state index contributed by atoms with van der Waals surface area (Å²) in [6, 6.07) is 3.05. The lowest BCUT2D eigenvalue weighted by Gasteiger charge is -2.37. The van der Waals surface area contributed by atoms with E-state index in [9.17, 15) is 13.2 Å². The van der Waals surface area contributed by atoms with Crippen molar-refractivity contribution in [3.8, 4) is 0 Å². The summed E-state index contributed by atoms with van der Waals surface area (Å²) in [5, 5.41) is -0.0119. The summed E-state index contributed by atoms with van der Waals surface area (Å²) in [6.07, 6.45) is 5.87. The summed E-state index contributed by atoms with van der Waals surface area (Å²) in [7, 11) is -3.69. The van der Waals surface area contributed by atoms with Crippen molar-refractivity contribution in [2.45, 2.75) is 37.0 Å². The molecule has 0 bridgehead atoms. The largest absolute Gasteiger partial charge is 0.379 e. The van der Waals surface area contributed by atoms with Gasteiger partial charge in [-0.05, 0) is 56.7 Å². The second-order valence-electron chi connectivity index (χ2n) is 8.98. The SMILES string of the molecule is O=C(C1CCN(S(=O)(=O)c2cccnc2Cl)CC1)N1CCC(CCN2CCOCC2)CC1. The molecule has 1 aromatic rings. The number of piperidine rings is 2. The maximum absolute atomic E-state index is 13.1. The number of likely N-dealkylation sites (tertiary alicyclic amines) is 1. The van der Waals surface area contributed by atoms with Gasteiger partial charge in [-0.25, -0.2) is 13.4 Å². The van der Waals surface area contributed by atoms with E-state index in [0.717, 1.165) is 58.8 Å². The second-order valence-corrected chi connectivity index (χ2v) is 11.2. The fourth-order valence-corrected chi connectivity index (χ4v) is 6.83. The number of pyridine rings is 1. The predicted molar refractivity (Wildman–Crippen MR) is 122 cm³/mol. The highest BCUT2D eigenvalue weighted by atomic mass is 35.5. The van der Waals surface area contributed by atoms with E-state index in [4.69, 9.17) is 16.3 Å². The molecule has 0 atom stereocenters. The molecule has 0 N–H and O–H groups in total. The maximum Gasteiger partial charge on any atom is 0.246 e. The Kier molecular flexibility index (Phi) is 8.04. The molecule has 178 valence electrons. The smallest absolute Gasteiger partial charge is 0.246 e. The standard InChI is InChI=1S/C22H33ClN4O4S/c23-21-20(2-1-8-24-21)32(29,30)27-12-6-19(7-13-27)22(28)26-10-4-18(5-11-26)3-9-25-14-16-31-17-15-25/h1-2,8,18-19H,3-7,9-17H2. The average molecular weight is 485 g/mol. The van der Waals surface area contributed by atoms with E-state index in [1.165, 1.54) is 23.0 Å². The quantitative estimate of drug-likeness (QED) is 0.575. The fraction of sp³-hybridized carbons (Fsp3) is 0.727. The van der Waals surface area contributed by atoms with Gasteiger partial charge in [0, 0.05) is 51.4 Å². The molecule has 0 aliphatic carbocycles. The van der Waals surface area contributed by atoms with Crippen LogP contribution in [0.1, 0.15) is 32.1 Å². The van der Waals surface area contributed by atoms with Crippen LogP contribution in [-0.4, -0.2) is 92.4 Å². The summed E-state index contributed by atoms with van der Waals surface area (Å²) in [6.45, 7) is 7.14. The van der Waals surface area contributed by atoms with E-state index >= 15 is 0 Å². The molecule has 4 heterocycles. The van der Waals surface area contributed by atoms with Crippen LogP contribution in [0.4, 0.5) is 0 Å². The molecule has 0 aromatic carbocycles. The van der Waals surface area contributed by atoms with Crippen molar-refractivity contribution in [1.29, 1.82) is 0 Å². The van der Waals surface area contributed by atoms with Crippen LogP contribution >= 0.6 is 11.6 Å². The molecule has 3 aliphatic rings. The summed E-state index contributed by atoms with van der Waals surface area (Å²) in [5.74, 6) is 0.766. The van der Waals surface area contributed by atoms with E-state index in [2.05, 4.69) is 9.88 Å². The number of aromatic nitrogens is 1. The summed E-state index contributed by atoms with van der Waals surface area (Å²) in [4.78, 5) is 21.4. The average Bonchev–Trinajstić information content (AvgIpc) is 2.83. The lowest BCUT2D eigenvalue weighted by molar-refractivity contribution is -0.138. The Bertz CT molecular complexity index is 878. The third kappa shape index (κ3) is 5.62. The molecule has 0 unspecified atom stereocenters. The van der Waals surface area contributed by atoms with E-state index in [0.29, 0.717) is 31.8 Å². The topological polar surface area (TPSA) is 83.0 Å². The van der Waals surface area contributed by atoms with E-state index < -0.39 is 10.0 Å². The molecule has 10 heteroatoms. The number of halogens is 1. The van der Waals surface area contributed by atoms with Crippen LogP contribution in [0.3, 0.4) is 0 Å². The lowest BCUT2D eigenvalue weighted by atomic mass is 9.91. The zero-order valence-electron chi connectivity index (χ0n) is 18.5. The summed E-state index contributed by atoms with van der Waals surface area (Å²) >= 11 is 6.00. The Hall–Kier alpha value is -1.26. The van der Waals surface area contributed by atoms with Crippen molar-refractivity contribution < 1.29 is 17.9 Å². The molecule has 1 aromatic heterocycles. The Morgan fingerprint density at radius 1 is 1.06 bits per heavy atom. The first-order chi connectivity index (χ1) is 15.4. The van der Waals surface area contributed by atoms with Crippen LogP contribution in [-0.2, 0) is 19.6 Å². The van der Waals surface area contributed by atoms with Gasteiger partial charge in [0.2, 0.25) is 15.9 Å². The molecule has 8 nitrogen and oxygen atoms in total. The summed E-state index contributed by atoms with van der Waals surface area (Å²) in [5.41, 5.74) is 0. The van der Waals surface area contributed by atoms with Gasteiger partial charge in [-0.1, -0.05) is 11.6 Å². The van der Waals surface area contributed by atoms with Gasteiger partial charge in [0.15, 0.2) is 0 Å².